The van der Waals surface area contributed by atoms with Crippen molar-refractivity contribution in [3.05, 3.63) is 58.2 Å². The zero-order valence-electron chi connectivity index (χ0n) is 21.7. The van der Waals surface area contributed by atoms with Gasteiger partial charge in [-0.2, -0.15) is 0 Å². The van der Waals surface area contributed by atoms with Crippen LogP contribution in [0.25, 0.3) is 10.9 Å². The standard InChI is InChI=1S/C28H31F3N4O3/c1-4-22(36)35-11-9-28(37,10-12-35)21-14-20-24(19-8-13-38-25(19)21)33-16(3)34-27(20)32-15(2)17-6-5-7-18(23(17)29)26(30)31/h5-7,14-15,26,37H,4,8-13H2,1-3H3,(H,32,33,34)/t15-/m1/s1. The molecule has 0 radical (unpaired) electrons. The van der Waals surface area contributed by atoms with E-state index in [0.717, 1.165) is 11.6 Å². The Bertz CT molecular complexity index is 1390. The van der Waals surface area contributed by atoms with Gasteiger partial charge in [-0.15, -0.1) is 0 Å². The fourth-order valence-corrected chi connectivity index (χ4v) is 5.51. The van der Waals surface area contributed by atoms with Crippen LogP contribution in [-0.2, 0) is 16.8 Å². The summed E-state index contributed by atoms with van der Waals surface area (Å²) in [6.45, 7) is 6.57. The Morgan fingerprint density at radius 3 is 2.63 bits per heavy atom. The molecule has 1 saturated heterocycles. The number of benzene rings is 2. The summed E-state index contributed by atoms with van der Waals surface area (Å²) in [5.74, 6) is 0.624. The van der Waals surface area contributed by atoms with Gasteiger partial charge in [0.05, 0.1) is 29.3 Å². The Balaban J connectivity index is 1.57. The number of aryl methyl sites for hydroxylation is 1. The number of likely N-dealkylation sites (tertiary alicyclic amines) is 1. The Morgan fingerprint density at radius 2 is 1.95 bits per heavy atom. The first-order valence-electron chi connectivity index (χ1n) is 12.9. The number of carbonyl (C=O) groups is 1. The Kier molecular flexibility index (Phi) is 6.94. The van der Waals surface area contributed by atoms with Crippen molar-refractivity contribution in [2.45, 2.75) is 64.5 Å². The lowest BCUT2D eigenvalue weighted by molar-refractivity contribution is -0.135. The number of hydrogen-bond acceptors (Lipinski definition) is 6. The molecule has 2 aromatic carbocycles. The topological polar surface area (TPSA) is 87.6 Å². The van der Waals surface area contributed by atoms with Crippen molar-refractivity contribution >= 4 is 22.6 Å². The van der Waals surface area contributed by atoms with Gasteiger partial charge in [-0.1, -0.05) is 25.1 Å². The zero-order chi connectivity index (χ0) is 27.2. The molecule has 2 aliphatic rings. The van der Waals surface area contributed by atoms with Crippen molar-refractivity contribution in [3.8, 4) is 5.75 Å². The number of anilines is 1. The lowest BCUT2D eigenvalue weighted by Crippen LogP contribution is -2.45. The number of carbonyl (C=O) groups excluding carboxylic acids is 1. The third-order valence-electron chi connectivity index (χ3n) is 7.61. The molecule has 0 spiro atoms. The Morgan fingerprint density at radius 1 is 1.24 bits per heavy atom. The number of piperidine rings is 1. The highest BCUT2D eigenvalue weighted by molar-refractivity contribution is 5.94. The smallest absolute Gasteiger partial charge is 0.266 e. The largest absolute Gasteiger partial charge is 0.492 e. The van der Waals surface area contributed by atoms with Gasteiger partial charge in [-0.05, 0) is 32.8 Å². The molecule has 1 aromatic heterocycles. The van der Waals surface area contributed by atoms with Crippen LogP contribution >= 0.6 is 0 Å². The van der Waals surface area contributed by atoms with Gasteiger partial charge < -0.3 is 20.1 Å². The van der Waals surface area contributed by atoms with Crippen LogP contribution in [0, 0.1) is 12.7 Å². The van der Waals surface area contributed by atoms with E-state index in [1.54, 1.807) is 18.7 Å². The maximum Gasteiger partial charge on any atom is 0.266 e. The summed E-state index contributed by atoms with van der Waals surface area (Å²) in [4.78, 5) is 23.2. The van der Waals surface area contributed by atoms with Crippen LogP contribution in [0.2, 0.25) is 0 Å². The normalized spacial score (nSPS) is 17.4. The zero-order valence-corrected chi connectivity index (χ0v) is 21.7. The summed E-state index contributed by atoms with van der Waals surface area (Å²) in [7, 11) is 0. The van der Waals surface area contributed by atoms with Gasteiger partial charge in [-0.25, -0.2) is 23.1 Å². The van der Waals surface area contributed by atoms with Crippen LogP contribution in [0.3, 0.4) is 0 Å². The number of halogens is 3. The van der Waals surface area contributed by atoms with E-state index in [1.807, 2.05) is 13.0 Å². The number of alkyl halides is 2. The molecule has 5 rings (SSSR count). The van der Waals surface area contributed by atoms with Crippen LogP contribution in [-0.4, -0.2) is 45.6 Å². The molecule has 38 heavy (non-hydrogen) atoms. The van der Waals surface area contributed by atoms with Crippen molar-refractivity contribution in [3.63, 3.8) is 0 Å². The monoisotopic (exact) mass is 528 g/mol. The molecule has 202 valence electrons. The minimum Gasteiger partial charge on any atom is -0.492 e. The van der Waals surface area contributed by atoms with Crippen LogP contribution in [0.4, 0.5) is 19.0 Å². The summed E-state index contributed by atoms with van der Waals surface area (Å²) >= 11 is 0. The first kappa shape index (κ1) is 26.2. The molecule has 0 saturated carbocycles. The molecule has 2 N–H and O–H groups in total. The van der Waals surface area contributed by atoms with E-state index in [4.69, 9.17) is 4.74 Å². The van der Waals surface area contributed by atoms with E-state index in [0.29, 0.717) is 79.2 Å². The van der Waals surface area contributed by atoms with Gasteiger partial charge in [0.2, 0.25) is 5.91 Å². The fourth-order valence-electron chi connectivity index (χ4n) is 5.51. The molecule has 0 unspecified atom stereocenters. The summed E-state index contributed by atoms with van der Waals surface area (Å²) in [6, 6.07) is 5.10. The minimum atomic E-state index is -2.92. The average Bonchev–Trinajstić information content (AvgIpc) is 3.38. The van der Waals surface area contributed by atoms with Gasteiger partial charge >= 0.3 is 0 Å². The highest BCUT2D eigenvalue weighted by atomic mass is 19.3. The lowest BCUT2D eigenvalue weighted by atomic mass is 9.82. The van der Waals surface area contributed by atoms with Gasteiger partial charge in [0.1, 0.15) is 23.2 Å². The van der Waals surface area contributed by atoms with Crippen molar-refractivity contribution in [1.82, 2.24) is 14.9 Å². The van der Waals surface area contributed by atoms with E-state index >= 15 is 0 Å². The van der Waals surface area contributed by atoms with Crippen LogP contribution in [0.15, 0.2) is 24.3 Å². The van der Waals surface area contributed by atoms with E-state index in [1.165, 1.54) is 12.1 Å². The third-order valence-corrected chi connectivity index (χ3v) is 7.61. The predicted molar refractivity (Wildman–Crippen MR) is 137 cm³/mol. The number of hydrogen-bond donors (Lipinski definition) is 2. The maximum absolute atomic E-state index is 14.9. The number of nitrogens with one attached hydrogen (secondary N) is 1. The molecule has 2 aliphatic heterocycles. The van der Waals surface area contributed by atoms with Gasteiger partial charge in [-0.3, -0.25) is 4.79 Å². The van der Waals surface area contributed by atoms with Crippen LogP contribution in [0.1, 0.15) is 73.7 Å². The number of aliphatic hydroxyl groups is 1. The van der Waals surface area contributed by atoms with Crippen molar-refractivity contribution in [2.24, 2.45) is 0 Å². The van der Waals surface area contributed by atoms with Crippen LogP contribution < -0.4 is 10.1 Å². The molecular weight excluding hydrogens is 497 g/mol. The Hall–Kier alpha value is -3.40. The van der Waals surface area contributed by atoms with E-state index in [-0.39, 0.29) is 11.5 Å². The number of nitrogens with zero attached hydrogens (tertiary/aromatic N) is 3. The Labute approximate surface area is 219 Å². The molecule has 10 heteroatoms. The van der Waals surface area contributed by atoms with E-state index in [2.05, 4.69) is 15.3 Å². The van der Waals surface area contributed by atoms with Gasteiger partial charge in [0.25, 0.3) is 6.43 Å². The average molecular weight is 529 g/mol. The molecule has 1 amide bonds. The van der Waals surface area contributed by atoms with Crippen LogP contribution in [0.5, 0.6) is 5.75 Å². The quantitative estimate of drug-likeness (QED) is 0.449. The summed E-state index contributed by atoms with van der Waals surface area (Å²) in [5.41, 5.74) is 0.405. The lowest BCUT2D eigenvalue weighted by Gasteiger charge is -2.39. The molecule has 0 aliphatic carbocycles. The molecule has 7 nitrogen and oxygen atoms in total. The summed E-state index contributed by atoms with van der Waals surface area (Å²) in [6.07, 6.45) is -1.19. The minimum absolute atomic E-state index is 0.0551. The SMILES string of the molecule is CCC(=O)N1CCC(O)(c2cc3c(N[C@H](C)c4cccc(C(F)F)c4F)nc(C)nc3c3c2OCC3)CC1. The highest BCUT2D eigenvalue weighted by Gasteiger charge is 2.40. The number of aromatic nitrogens is 2. The molecule has 0 bridgehead atoms. The molecule has 3 heterocycles. The van der Waals surface area contributed by atoms with E-state index in [9.17, 15) is 23.1 Å². The molecule has 3 aromatic rings. The van der Waals surface area contributed by atoms with Gasteiger partial charge in [0.15, 0.2) is 0 Å². The third kappa shape index (κ3) is 4.55. The number of fused-ring (bicyclic) bond motifs is 3. The molecular formula is C28H31F3N4O3. The predicted octanol–water partition coefficient (Wildman–Crippen LogP) is 5.34. The maximum atomic E-state index is 14.9. The number of ether oxygens (including phenoxy) is 1. The second-order valence-electron chi connectivity index (χ2n) is 10.0. The molecule has 1 fully saturated rings. The number of amides is 1. The molecule has 1 atom stereocenters. The second kappa shape index (κ2) is 10.1. The summed E-state index contributed by atoms with van der Waals surface area (Å²) in [5, 5.41) is 15.6. The fraction of sp³-hybridized carbons (Fsp3) is 0.464. The summed E-state index contributed by atoms with van der Waals surface area (Å²) < 4.78 is 47.5. The second-order valence-corrected chi connectivity index (χ2v) is 10.0. The van der Waals surface area contributed by atoms with Crippen molar-refractivity contribution in [2.75, 3.05) is 25.0 Å². The number of rotatable bonds is 6. The van der Waals surface area contributed by atoms with E-state index < -0.39 is 29.4 Å². The first-order chi connectivity index (χ1) is 18.1. The van der Waals surface area contributed by atoms with Crippen molar-refractivity contribution in [1.29, 1.82) is 0 Å². The van der Waals surface area contributed by atoms with Gasteiger partial charge in [0, 0.05) is 48.0 Å². The first-order valence-corrected chi connectivity index (χ1v) is 12.9. The highest BCUT2D eigenvalue weighted by Crippen LogP contribution is 2.46. The van der Waals surface area contributed by atoms with Crippen molar-refractivity contribution < 1.29 is 27.8 Å².